The van der Waals surface area contributed by atoms with Gasteiger partial charge in [-0.15, -0.1) is 0 Å². The van der Waals surface area contributed by atoms with Gasteiger partial charge in [-0.3, -0.25) is 0 Å². The maximum atomic E-state index is 6.16. The van der Waals surface area contributed by atoms with E-state index in [1.807, 2.05) is 61.5 Å². The van der Waals surface area contributed by atoms with Crippen molar-refractivity contribution in [1.29, 1.82) is 0 Å². The van der Waals surface area contributed by atoms with Crippen LogP contribution in [0.5, 0.6) is 0 Å². The lowest BCUT2D eigenvalue weighted by Crippen LogP contribution is -2.05. The Bertz CT molecular complexity index is 754. The van der Waals surface area contributed by atoms with Crippen LogP contribution in [0.4, 0.5) is 28.7 Å². The van der Waals surface area contributed by atoms with E-state index < -0.39 is 0 Å². The number of nitrogens with zero attached hydrogens (tertiary/aromatic N) is 2. The van der Waals surface area contributed by atoms with Crippen LogP contribution in [0.2, 0.25) is 0 Å². The molecule has 110 valence electrons. The Morgan fingerprint density at radius 3 is 1.91 bits per heavy atom. The van der Waals surface area contributed by atoms with E-state index in [9.17, 15) is 0 Å². The monoisotopic (exact) mass is 291 g/mol. The van der Waals surface area contributed by atoms with Gasteiger partial charge in [-0.25, -0.2) is 9.97 Å². The van der Waals surface area contributed by atoms with E-state index in [0.717, 1.165) is 11.4 Å². The van der Waals surface area contributed by atoms with Gasteiger partial charge in [-0.1, -0.05) is 35.9 Å². The molecule has 0 bridgehead atoms. The molecular weight excluding hydrogens is 274 g/mol. The van der Waals surface area contributed by atoms with Crippen LogP contribution in [0.15, 0.2) is 60.9 Å². The number of nitrogens with one attached hydrogen (secondary N) is 2. The average Bonchev–Trinajstić information content (AvgIpc) is 2.54. The molecule has 0 saturated heterocycles. The molecule has 5 heteroatoms. The summed E-state index contributed by atoms with van der Waals surface area (Å²) in [6, 6.07) is 17.8. The molecule has 1 aromatic heterocycles. The van der Waals surface area contributed by atoms with Crippen LogP contribution in [-0.4, -0.2) is 9.97 Å². The molecule has 0 atom stereocenters. The highest BCUT2D eigenvalue weighted by atomic mass is 15.1. The summed E-state index contributed by atoms with van der Waals surface area (Å²) >= 11 is 0. The topological polar surface area (TPSA) is 75.9 Å². The first-order valence-corrected chi connectivity index (χ1v) is 6.98. The molecule has 0 aliphatic carbocycles. The van der Waals surface area contributed by atoms with Crippen LogP contribution in [0, 0.1) is 6.92 Å². The number of anilines is 5. The minimum atomic E-state index is 0.479. The molecule has 0 fully saturated rings. The van der Waals surface area contributed by atoms with Crippen molar-refractivity contribution in [1.82, 2.24) is 9.97 Å². The third-order valence-electron chi connectivity index (χ3n) is 3.23. The van der Waals surface area contributed by atoms with E-state index in [2.05, 4.69) is 20.6 Å². The van der Waals surface area contributed by atoms with Crippen molar-refractivity contribution in [2.45, 2.75) is 6.92 Å². The largest absolute Gasteiger partial charge is 0.393 e. The predicted molar refractivity (Wildman–Crippen MR) is 90.6 cm³/mol. The lowest BCUT2D eigenvalue weighted by molar-refractivity contribution is 1.17. The number of aromatic nitrogens is 2. The van der Waals surface area contributed by atoms with Crippen LogP contribution in [0.1, 0.15) is 5.56 Å². The molecule has 22 heavy (non-hydrogen) atoms. The highest BCUT2D eigenvalue weighted by molar-refractivity contribution is 5.80. The molecule has 0 spiro atoms. The van der Waals surface area contributed by atoms with Crippen LogP contribution >= 0.6 is 0 Å². The zero-order chi connectivity index (χ0) is 15.4. The van der Waals surface area contributed by atoms with Crippen molar-refractivity contribution in [3.05, 3.63) is 66.5 Å². The predicted octanol–water partition coefficient (Wildman–Crippen LogP) is 3.85. The fourth-order valence-corrected chi connectivity index (χ4v) is 2.03. The minimum Gasteiger partial charge on any atom is -0.393 e. The highest BCUT2D eigenvalue weighted by Gasteiger charge is 2.08. The van der Waals surface area contributed by atoms with Gasteiger partial charge in [0.2, 0.25) is 0 Å². The van der Waals surface area contributed by atoms with Gasteiger partial charge in [0.25, 0.3) is 0 Å². The lowest BCUT2D eigenvalue weighted by atomic mass is 10.2. The van der Waals surface area contributed by atoms with E-state index in [1.54, 1.807) is 0 Å². The smallest absolute Gasteiger partial charge is 0.159 e. The molecule has 0 aliphatic heterocycles. The third-order valence-corrected chi connectivity index (χ3v) is 3.23. The summed E-state index contributed by atoms with van der Waals surface area (Å²) in [5.74, 6) is 1.16. The number of para-hydroxylation sites is 1. The first kappa shape index (κ1) is 13.9. The molecule has 0 amide bonds. The number of rotatable bonds is 4. The van der Waals surface area contributed by atoms with Crippen molar-refractivity contribution in [3.63, 3.8) is 0 Å². The quantitative estimate of drug-likeness (QED) is 0.680. The van der Waals surface area contributed by atoms with E-state index >= 15 is 0 Å². The summed E-state index contributed by atoms with van der Waals surface area (Å²) in [5, 5.41) is 6.40. The van der Waals surface area contributed by atoms with Crippen molar-refractivity contribution < 1.29 is 0 Å². The molecule has 0 unspecified atom stereocenters. The molecule has 3 aromatic rings. The van der Waals surface area contributed by atoms with Gasteiger partial charge in [-0.05, 0) is 31.2 Å². The molecule has 2 aromatic carbocycles. The van der Waals surface area contributed by atoms with Crippen molar-refractivity contribution in [2.75, 3.05) is 16.4 Å². The zero-order valence-electron chi connectivity index (χ0n) is 12.2. The Hall–Kier alpha value is -3.08. The Morgan fingerprint density at radius 2 is 1.32 bits per heavy atom. The summed E-state index contributed by atoms with van der Waals surface area (Å²) < 4.78 is 0. The van der Waals surface area contributed by atoms with Crippen molar-refractivity contribution >= 4 is 28.7 Å². The standard InChI is InChI=1S/C17H17N5/c1-12-7-9-14(10-8-12)22-17-15(18)16(19-11-20-17)21-13-5-3-2-4-6-13/h2-11H,18H2,1H3,(H2,19,20,21,22). The highest BCUT2D eigenvalue weighted by Crippen LogP contribution is 2.27. The summed E-state index contributed by atoms with van der Waals surface area (Å²) in [7, 11) is 0. The SMILES string of the molecule is Cc1ccc(Nc2ncnc(Nc3ccccc3)c2N)cc1. The van der Waals surface area contributed by atoms with Crippen LogP contribution in [0.25, 0.3) is 0 Å². The summed E-state index contributed by atoms with van der Waals surface area (Å²) in [6.45, 7) is 2.05. The van der Waals surface area contributed by atoms with E-state index in [0.29, 0.717) is 17.3 Å². The molecule has 0 saturated carbocycles. The molecule has 4 N–H and O–H groups in total. The Labute approximate surface area is 129 Å². The lowest BCUT2D eigenvalue weighted by Gasteiger charge is -2.12. The first-order valence-electron chi connectivity index (χ1n) is 6.98. The maximum Gasteiger partial charge on any atom is 0.159 e. The van der Waals surface area contributed by atoms with Gasteiger partial charge in [0.05, 0.1) is 0 Å². The fourth-order valence-electron chi connectivity index (χ4n) is 2.03. The van der Waals surface area contributed by atoms with Gasteiger partial charge in [0, 0.05) is 11.4 Å². The number of benzene rings is 2. The molecule has 0 radical (unpaired) electrons. The summed E-state index contributed by atoms with van der Waals surface area (Å²) in [4.78, 5) is 8.41. The Kier molecular flexibility index (Phi) is 3.87. The minimum absolute atomic E-state index is 0.479. The number of nitrogens with two attached hydrogens (primary N) is 1. The Balaban J connectivity index is 1.84. The number of nitrogen functional groups attached to an aromatic ring is 1. The number of hydrogen-bond donors (Lipinski definition) is 3. The molecule has 1 heterocycles. The molecular formula is C17H17N5. The third kappa shape index (κ3) is 3.15. The second-order valence-corrected chi connectivity index (χ2v) is 4.97. The van der Waals surface area contributed by atoms with Gasteiger partial charge in [0.15, 0.2) is 11.6 Å². The van der Waals surface area contributed by atoms with Crippen molar-refractivity contribution in [3.8, 4) is 0 Å². The first-order chi connectivity index (χ1) is 10.7. The molecule has 3 rings (SSSR count). The number of aryl methyl sites for hydroxylation is 1. The van der Waals surface area contributed by atoms with Crippen LogP contribution in [-0.2, 0) is 0 Å². The fraction of sp³-hybridized carbons (Fsp3) is 0.0588. The normalized spacial score (nSPS) is 10.2. The average molecular weight is 291 g/mol. The van der Waals surface area contributed by atoms with Gasteiger partial charge < -0.3 is 16.4 Å². The molecule has 0 aliphatic rings. The van der Waals surface area contributed by atoms with Crippen LogP contribution < -0.4 is 16.4 Å². The Morgan fingerprint density at radius 1 is 0.773 bits per heavy atom. The summed E-state index contributed by atoms with van der Waals surface area (Å²) in [5.41, 5.74) is 9.70. The van der Waals surface area contributed by atoms with E-state index in [1.165, 1.54) is 11.9 Å². The van der Waals surface area contributed by atoms with Gasteiger partial charge in [-0.2, -0.15) is 0 Å². The van der Waals surface area contributed by atoms with Gasteiger partial charge >= 0.3 is 0 Å². The summed E-state index contributed by atoms with van der Waals surface area (Å²) in [6.07, 6.45) is 1.48. The number of hydrogen-bond acceptors (Lipinski definition) is 5. The van der Waals surface area contributed by atoms with E-state index in [4.69, 9.17) is 5.73 Å². The zero-order valence-corrected chi connectivity index (χ0v) is 12.2. The van der Waals surface area contributed by atoms with E-state index in [-0.39, 0.29) is 0 Å². The van der Waals surface area contributed by atoms with Crippen molar-refractivity contribution in [2.24, 2.45) is 0 Å². The van der Waals surface area contributed by atoms with Crippen LogP contribution in [0.3, 0.4) is 0 Å². The van der Waals surface area contributed by atoms with Gasteiger partial charge in [0.1, 0.15) is 12.0 Å². The second-order valence-electron chi connectivity index (χ2n) is 4.97. The maximum absolute atomic E-state index is 6.16. The molecule has 5 nitrogen and oxygen atoms in total. The second kappa shape index (κ2) is 6.13.